The molecule has 1 rings (SSSR count). The minimum atomic E-state index is -0.800. The Hall–Kier alpha value is -3.14. The van der Waals surface area contributed by atoms with Crippen LogP contribution in [0.3, 0.4) is 0 Å². The third-order valence-electron chi connectivity index (χ3n) is 4.94. The fraction of sp³-hybridized carbons (Fsp3) is 0.630. The lowest BCUT2D eigenvalue weighted by molar-refractivity contribution is -0.145. The summed E-state index contributed by atoms with van der Waals surface area (Å²) in [6.07, 6.45) is -0.517. The molecular weight excluding hydrogens is 482 g/mol. The van der Waals surface area contributed by atoms with Crippen molar-refractivity contribution in [1.29, 1.82) is 0 Å². The molecule has 1 unspecified atom stereocenters. The van der Waals surface area contributed by atoms with Crippen molar-refractivity contribution in [2.24, 2.45) is 10.8 Å². The summed E-state index contributed by atoms with van der Waals surface area (Å²) < 4.78 is 26.1. The van der Waals surface area contributed by atoms with Gasteiger partial charge in [0.25, 0.3) is 0 Å². The predicted octanol–water partition coefficient (Wildman–Crippen LogP) is 4.22. The van der Waals surface area contributed by atoms with E-state index < -0.39 is 47.0 Å². The van der Waals surface area contributed by atoms with E-state index in [1.165, 1.54) is 13.2 Å². The number of carbonyl (C=O) groups is 4. The molecule has 0 heterocycles. The van der Waals surface area contributed by atoms with Gasteiger partial charge in [0.05, 0.1) is 24.5 Å². The Morgan fingerprint density at radius 1 is 0.919 bits per heavy atom. The first-order valence-electron chi connectivity index (χ1n) is 12.3. The van der Waals surface area contributed by atoms with Gasteiger partial charge in [-0.25, -0.2) is 4.79 Å². The Morgan fingerprint density at radius 2 is 1.49 bits per heavy atom. The van der Waals surface area contributed by atoms with Crippen LogP contribution in [0.15, 0.2) is 18.2 Å². The van der Waals surface area contributed by atoms with Gasteiger partial charge in [-0.2, -0.15) is 0 Å². The number of rotatable bonds is 11. The number of carbonyl (C=O) groups excluding carboxylic acids is 4. The van der Waals surface area contributed by atoms with E-state index in [9.17, 15) is 19.2 Å². The maximum atomic E-state index is 12.6. The van der Waals surface area contributed by atoms with E-state index in [4.69, 9.17) is 23.7 Å². The molecule has 0 aliphatic rings. The lowest BCUT2D eigenvalue weighted by atomic mass is 9.97. The van der Waals surface area contributed by atoms with Crippen molar-refractivity contribution >= 4 is 24.1 Å². The first-order chi connectivity index (χ1) is 17.1. The number of nitrogens with one attached hydrogen (secondary N) is 1. The van der Waals surface area contributed by atoms with Crippen molar-refractivity contribution in [3.8, 4) is 11.5 Å². The highest BCUT2D eigenvalue weighted by Crippen LogP contribution is 2.33. The molecule has 0 radical (unpaired) electrons. The van der Waals surface area contributed by atoms with E-state index in [0.717, 1.165) is 0 Å². The van der Waals surface area contributed by atoms with Gasteiger partial charge in [-0.1, -0.05) is 13.0 Å². The third-order valence-corrected chi connectivity index (χ3v) is 4.94. The average molecular weight is 524 g/mol. The van der Waals surface area contributed by atoms with Crippen molar-refractivity contribution in [1.82, 2.24) is 5.32 Å². The first kappa shape index (κ1) is 31.9. The van der Waals surface area contributed by atoms with Crippen molar-refractivity contribution in [2.45, 2.75) is 80.4 Å². The molecule has 1 N–H and O–H groups in total. The zero-order valence-electron chi connectivity index (χ0n) is 23.4. The molecule has 0 saturated carbocycles. The van der Waals surface area contributed by atoms with E-state index in [2.05, 4.69) is 5.32 Å². The summed E-state index contributed by atoms with van der Waals surface area (Å²) in [6, 6.07) is 3.94. The van der Waals surface area contributed by atoms with E-state index in [1.807, 2.05) is 6.92 Å². The molecule has 0 amide bonds. The van der Waals surface area contributed by atoms with Crippen LogP contribution in [0.1, 0.15) is 67.4 Å². The van der Waals surface area contributed by atoms with Gasteiger partial charge < -0.3 is 29.0 Å². The molecule has 0 saturated heterocycles. The summed E-state index contributed by atoms with van der Waals surface area (Å²) in [6.45, 7) is 14.2. The van der Waals surface area contributed by atoms with Gasteiger partial charge >= 0.3 is 24.1 Å². The van der Waals surface area contributed by atoms with Gasteiger partial charge in [-0.15, -0.1) is 0 Å². The van der Waals surface area contributed by atoms with Crippen LogP contribution in [0.2, 0.25) is 0 Å². The van der Waals surface area contributed by atoms with Crippen molar-refractivity contribution in [2.75, 3.05) is 20.3 Å². The fourth-order valence-electron chi connectivity index (χ4n) is 2.70. The Morgan fingerprint density at radius 3 is 2.00 bits per heavy atom. The summed E-state index contributed by atoms with van der Waals surface area (Å²) in [4.78, 5) is 49.2. The molecule has 0 bridgehead atoms. The monoisotopic (exact) mass is 523 g/mol. The Bertz CT molecular complexity index is 944. The smallest absolute Gasteiger partial charge is 0.468 e. The summed E-state index contributed by atoms with van der Waals surface area (Å²) in [5.41, 5.74) is -0.955. The first-order valence-corrected chi connectivity index (χ1v) is 12.3. The largest absolute Gasteiger partial charge is 0.508 e. The maximum absolute atomic E-state index is 12.6. The molecule has 0 aliphatic heterocycles. The average Bonchev–Trinajstić information content (AvgIpc) is 2.79. The summed E-state index contributed by atoms with van der Waals surface area (Å²) in [7, 11) is 1.27. The van der Waals surface area contributed by atoms with Crippen LogP contribution < -0.4 is 14.8 Å². The van der Waals surface area contributed by atoms with E-state index in [-0.39, 0.29) is 31.1 Å². The molecule has 2 atom stereocenters. The molecule has 0 fully saturated rings. The summed E-state index contributed by atoms with van der Waals surface area (Å²) in [5, 5.41) is 3.03. The number of hydrogen-bond donors (Lipinski definition) is 1. The number of hydrogen-bond acceptors (Lipinski definition) is 10. The zero-order valence-corrected chi connectivity index (χ0v) is 23.4. The summed E-state index contributed by atoms with van der Waals surface area (Å²) in [5.74, 6) is -1.38. The van der Waals surface area contributed by atoms with Crippen molar-refractivity contribution in [3.05, 3.63) is 23.8 Å². The van der Waals surface area contributed by atoms with Gasteiger partial charge in [-0.05, 0) is 79.0 Å². The Labute approximate surface area is 219 Å². The molecule has 1 aromatic carbocycles. The molecule has 0 aliphatic carbocycles. The van der Waals surface area contributed by atoms with E-state index in [1.54, 1.807) is 60.6 Å². The number of esters is 3. The maximum Gasteiger partial charge on any atom is 0.508 e. The number of methoxy groups -OCH3 is 1. The second-order valence-electron chi connectivity index (χ2n) is 10.8. The molecule has 10 nitrogen and oxygen atoms in total. The topological polar surface area (TPSA) is 126 Å². The molecule has 0 spiro atoms. The van der Waals surface area contributed by atoms with E-state index >= 15 is 0 Å². The van der Waals surface area contributed by atoms with Crippen LogP contribution in [-0.4, -0.2) is 56.5 Å². The fourth-order valence-corrected chi connectivity index (χ4v) is 2.70. The van der Waals surface area contributed by atoms with Crippen molar-refractivity contribution in [3.63, 3.8) is 0 Å². The molecule has 1 aromatic rings. The highest BCUT2D eigenvalue weighted by atomic mass is 16.7. The SMILES string of the molecule is CCCOC(=O)OC(C)CN[C@@H](Cc1ccc(OC(=O)C(C)(C)C)c(OC(=O)C(C)(C)C)c1)C(=O)OC. The van der Waals surface area contributed by atoms with Gasteiger partial charge in [0.2, 0.25) is 0 Å². The number of benzene rings is 1. The van der Waals surface area contributed by atoms with E-state index in [0.29, 0.717) is 12.0 Å². The minimum absolute atomic E-state index is 0.0639. The highest BCUT2D eigenvalue weighted by molar-refractivity contribution is 5.81. The standard InChI is InChI=1S/C27H41NO9/c1-10-13-34-25(32)35-17(2)16-28-19(22(29)33-9)14-18-11-12-20(36-23(30)26(3,4)5)21(15-18)37-24(31)27(6,7)8/h11-12,15,17,19,28H,10,13-14,16H2,1-9H3/t17?,19-/m0/s1. The van der Waals surface area contributed by atoms with Gasteiger partial charge in [0, 0.05) is 6.54 Å². The molecule has 0 aromatic heterocycles. The Balaban J connectivity index is 3.11. The quantitative estimate of drug-likeness (QED) is 0.333. The molecular formula is C27H41NO9. The van der Waals surface area contributed by atoms with Gasteiger partial charge in [0.1, 0.15) is 12.1 Å². The lowest BCUT2D eigenvalue weighted by Gasteiger charge is -2.22. The lowest BCUT2D eigenvalue weighted by Crippen LogP contribution is -2.43. The minimum Gasteiger partial charge on any atom is -0.468 e. The highest BCUT2D eigenvalue weighted by Gasteiger charge is 2.29. The van der Waals surface area contributed by atoms with Crippen LogP contribution in [0, 0.1) is 10.8 Å². The van der Waals surface area contributed by atoms with Crippen molar-refractivity contribution < 1.29 is 42.9 Å². The molecule has 10 heteroatoms. The third kappa shape index (κ3) is 11.2. The normalized spacial score (nSPS) is 13.2. The molecule has 37 heavy (non-hydrogen) atoms. The second-order valence-corrected chi connectivity index (χ2v) is 10.8. The predicted molar refractivity (Wildman–Crippen MR) is 136 cm³/mol. The van der Waals surface area contributed by atoms with Crippen LogP contribution in [-0.2, 0) is 35.0 Å². The van der Waals surface area contributed by atoms with Crippen LogP contribution in [0.5, 0.6) is 11.5 Å². The Kier molecular flexibility index (Phi) is 12.0. The van der Waals surface area contributed by atoms with Gasteiger partial charge in [0.15, 0.2) is 11.5 Å². The van der Waals surface area contributed by atoms with Gasteiger partial charge in [-0.3, -0.25) is 14.4 Å². The number of ether oxygens (including phenoxy) is 5. The van der Waals surface area contributed by atoms with Crippen LogP contribution >= 0.6 is 0 Å². The second kappa shape index (κ2) is 14.0. The van der Waals surface area contributed by atoms with Crippen LogP contribution in [0.25, 0.3) is 0 Å². The summed E-state index contributed by atoms with van der Waals surface area (Å²) >= 11 is 0. The molecule has 208 valence electrons. The zero-order chi connectivity index (χ0) is 28.4. The van der Waals surface area contributed by atoms with Crippen LogP contribution in [0.4, 0.5) is 4.79 Å².